The predicted molar refractivity (Wildman–Crippen MR) is 122 cm³/mol. The Morgan fingerprint density at radius 3 is 2.62 bits per heavy atom. The maximum Gasteiger partial charge on any atom is 0.198 e. The molecule has 1 aliphatic heterocycles. The minimum Gasteiger partial charge on any atom is -0.451 e. The van der Waals surface area contributed by atoms with Crippen molar-refractivity contribution in [1.29, 1.82) is 5.26 Å². The molecule has 0 saturated heterocycles. The summed E-state index contributed by atoms with van der Waals surface area (Å²) < 4.78 is 36.6. The number of benzene rings is 2. The highest BCUT2D eigenvalue weighted by atomic mass is 32.2. The zero-order valence-electron chi connectivity index (χ0n) is 17.5. The number of ether oxygens (including phenoxy) is 1. The van der Waals surface area contributed by atoms with Crippen LogP contribution in [0.1, 0.15) is 36.3 Å². The normalized spacial score (nSPS) is 14.8. The van der Waals surface area contributed by atoms with Crippen molar-refractivity contribution >= 4 is 23.5 Å². The van der Waals surface area contributed by atoms with E-state index >= 15 is 0 Å². The van der Waals surface area contributed by atoms with Gasteiger partial charge in [0, 0.05) is 53.4 Å². The molecular weight excluding hydrogens is 430 g/mol. The summed E-state index contributed by atoms with van der Waals surface area (Å²) >= 11 is 1.55. The van der Waals surface area contributed by atoms with Crippen molar-refractivity contribution in [1.82, 2.24) is 4.98 Å². The Labute approximate surface area is 190 Å². The van der Waals surface area contributed by atoms with Crippen LogP contribution in [-0.2, 0) is 0 Å². The quantitative estimate of drug-likeness (QED) is 0.256. The van der Waals surface area contributed by atoms with Crippen LogP contribution in [0.4, 0.5) is 20.3 Å². The number of aryl methyl sites for hydroxylation is 1. The molecule has 0 fully saturated rings. The molecule has 0 radical (unpaired) electrons. The lowest BCUT2D eigenvalue weighted by molar-refractivity contribution is 0.402. The SMILES string of the molecule is Cc1ccc(SN2CC(CCCC#N)c3c(Oc4c(F)cc(N)cc4F)ccnc32)cc1. The van der Waals surface area contributed by atoms with Crippen LogP contribution >= 0.6 is 11.9 Å². The molecule has 32 heavy (non-hydrogen) atoms. The lowest BCUT2D eigenvalue weighted by Gasteiger charge is -2.17. The van der Waals surface area contributed by atoms with E-state index < -0.39 is 17.4 Å². The largest absolute Gasteiger partial charge is 0.451 e. The Kier molecular flexibility index (Phi) is 6.47. The number of nitriles is 1. The van der Waals surface area contributed by atoms with Crippen molar-refractivity contribution in [3.8, 4) is 17.6 Å². The average molecular weight is 453 g/mol. The first-order valence-corrected chi connectivity index (χ1v) is 11.0. The van der Waals surface area contributed by atoms with E-state index in [-0.39, 0.29) is 11.6 Å². The van der Waals surface area contributed by atoms with E-state index in [1.807, 2.05) is 31.2 Å². The zero-order chi connectivity index (χ0) is 22.7. The molecule has 0 spiro atoms. The first kappa shape index (κ1) is 21.9. The van der Waals surface area contributed by atoms with E-state index in [9.17, 15) is 8.78 Å². The number of halogens is 2. The number of hydrogen-bond donors (Lipinski definition) is 1. The smallest absolute Gasteiger partial charge is 0.198 e. The minimum absolute atomic E-state index is 0.0117. The molecule has 0 bridgehead atoms. The van der Waals surface area contributed by atoms with Crippen molar-refractivity contribution in [3.63, 3.8) is 0 Å². The second kappa shape index (κ2) is 9.45. The average Bonchev–Trinajstić information content (AvgIpc) is 3.11. The lowest BCUT2D eigenvalue weighted by Crippen LogP contribution is -2.13. The van der Waals surface area contributed by atoms with Crippen LogP contribution in [0, 0.1) is 29.9 Å². The molecule has 3 aromatic rings. The first-order valence-electron chi connectivity index (χ1n) is 10.3. The summed E-state index contributed by atoms with van der Waals surface area (Å²) in [7, 11) is 0. The number of pyridine rings is 1. The van der Waals surface area contributed by atoms with Gasteiger partial charge in [0.15, 0.2) is 17.4 Å². The summed E-state index contributed by atoms with van der Waals surface area (Å²) in [6.07, 6.45) is 3.46. The first-order chi connectivity index (χ1) is 15.5. The summed E-state index contributed by atoms with van der Waals surface area (Å²) in [6.45, 7) is 2.69. The molecule has 1 atom stereocenters. The van der Waals surface area contributed by atoms with Gasteiger partial charge in [0.05, 0.1) is 6.07 Å². The van der Waals surface area contributed by atoms with Crippen LogP contribution in [0.2, 0.25) is 0 Å². The Bertz CT molecular complexity index is 1140. The van der Waals surface area contributed by atoms with Crippen LogP contribution in [-0.4, -0.2) is 11.5 Å². The van der Waals surface area contributed by atoms with Gasteiger partial charge in [-0.05, 0) is 49.9 Å². The number of anilines is 2. The van der Waals surface area contributed by atoms with Gasteiger partial charge in [0.1, 0.15) is 11.6 Å². The Hall–Kier alpha value is -3.31. The van der Waals surface area contributed by atoms with Crippen LogP contribution in [0.5, 0.6) is 11.5 Å². The third-order valence-electron chi connectivity index (χ3n) is 5.27. The van der Waals surface area contributed by atoms with Gasteiger partial charge in [-0.1, -0.05) is 17.7 Å². The molecular formula is C24H22F2N4OS. The Balaban J connectivity index is 1.68. The van der Waals surface area contributed by atoms with E-state index in [4.69, 9.17) is 15.7 Å². The monoisotopic (exact) mass is 452 g/mol. The fraction of sp³-hybridized carbons (Fsp3) is 0.250. The van der Waals surface area contributed by atoms with Crippen molar-refractivity contribution in [3.05, 3.63) is 71.4 Å². The zero-order valence-corrected chi connectivity index (χ0v) is 18.3. The summed E-state index contributed by atoms with van der Waals surface area (Å²) in [5, 5.41) is 8.94. The molecule has 0 amide bonds. The maximum absolute atomic E-state index is 14.4. The molecule has 1 aromatic heterocycles. The highest BCUT2D eigenvalue weighted by Crippen LogP contribution is 2.48. The molecule has 1 unspecified atom stereocenters. The van der Waals surface area contributed by atoms with Gasteiger partial charge in [0.2, 0.25) is 0 Å². The Morgan fingerprint density at radius 1 is 1.22 bits per heavy atom. The number of nitrogen functional groups attached to an aromatic ring is 1. The highest BCUT2D eigenvalue weighted by Gasteiger charge is 2.34. The van der Waals surface area contributed by atoms with Gasteiger partial charge in [-0.15, -0.1) is 0 Å². The predicted octanol–water partition coefficient (Wildman–Crippen LogP) is 6.35. The molecule has 0 aliphatic carbocycles. The van der Waals surface area contributed by atoms with Crippen LogP contribution in [0.15, 0.2) is 53.6 Å². The van der Waals surface area contributed by atoms with E-state index in [0.717, 1.165) is 29.0 Å². The minimum atomic E-state index is -0.863. The number of aromatic nitrogens is 1. The Morgan fingerprint density at radius 2 is 1.94 bits per heavy atom. The van der Waals surface area contributed by atoms with Crippen LogP contribution in [0.3, 0.4) is 0 Å². The third-order valence-corrected chi connectivity index (χ3v) is 6.30. The van der Waals surface area contributed by atoms with Gasteiger partial charge in [0.25, 0.3) is 0 Å². The second-order valence-electron chi connectivity index (χ2n) is 7.67. The van der Waals surface area contributed by atoms with Crippen LogP contribution in [0.25, 0.3) is 0 Å². The van der Waals surface area contributed by atoms with Gasteiger partial charge in [-0.25, -0.2) is 13.8 Å². The molecule has 2 heterocycles. The number of hydrogen-bond acceptors (Lipinski definition) is 6. The molecule has 2 aromatic carbocycles. The molecule has 4 rings (SSSR count). The number of fused-ring (bicyclic) bond motifs is 1. The summed E-state index contributed by atoms with van der Waals surface area (Å²) in [5.41, 5.74) is 7.48. The van der Waals surface area contributed by atoms with Crippen LogP contribution < -0.4 is 14.8 Å². The summed E-state index contributed by atoms with van der Waals surface area (Å²) in [4.78, 5) is 5.61. The third kappa shape index (κ3) is 4.63. The highest BCUT2D eigenvalue weighted by molar-refractivity contribution is 8.00. The van der Waals surface area contributed by atoms with Crippen molar-refractivity contribution < 1.29 is 13.5 Å². The summed E-state index contributed by atoms with van der Waals surface area (Å²) in [5.74, 6) is -1.15. The number of rotatable bonds is 7. The van der Waals surface area contributed by atoms with E-state index in [2.05, 4.69) is 15.4 Å². The molecule has 164 valence electrons. The molecule has 1 aliphatic rings. The fourth-order valence-electron chi connectivity index (χ4n) is 3.75. The maximum atomic E-state index is 14.4. The van der Waals surface area contributed by atoms with Crippen molar-refractivity contribution in [2.45, 2.75) is 37.0 Å². The van der Waals surface area contributed by atoms with Gasteiger partial charge in [-0.2, -0.15) is 5.26 Å². The van der Waals surface area contributed by atoms with Gasteiger partial charge < -0.3 is 10.5 Å². The van der Waals surface area contributed by atoms with Crippen molar-refractivity contribution in [2.75, 3.05) is 16.6 Å². The van der Waals surface area contributed by atoms with Crippen molar-refractivity contribution in [2.24, 2.45) is 0 Å². The number of nitrogens with zero attached hydrogens (tertiary/aromatic N) is 3. The number of unbranched alkanes of at least 4 members (excludes halogenated alkanes) is 1. The topological polar surface area (TPSA) is 75.2 Å². The fourth-order valence-corrected chi connectivity index (χ4v) is 4.75. The molecule has 8 heteroatoms. The molecule has 0 saturated carbocycles. The molecule has 5 nitrogen and oxygen atoms in total. The number of nitrogens with two attached hydrogens (primary N) is 1. The molecule has 2 N–H and O–H groups in total. The van der Waals surface area contributed by atoms with Gasteiger partial charge in [-0.3, -0.25) is 4.31 Å². The summed E-state index contributed by atoms with van der Waals surface area (Å²) in [6, 6.07) is 14.0. The van der Waals surface area contributed by atoms with E-state index in [1.54, 1.807) is 24.2 Å². The van der Waals surface area contributed by atoms with E-state index in [0.29, 0.717) is 31.0 Å². The standard InChI is InChI=1S/C24H22F2N4OS/c1-15-5-7-18(8-6-15)32-30-14-16(4-2-3-10-27)22-21(9-11-29-24(22)30)31-23-19(25)12-17(28)13-20(23)26/h5-9,11-13,16H,2-4,14,28H2,1H3. The van der Waals surface area contributed by atoms with Gasteiger partial charge >= 0.3 is 0 Å². The lowest BCUT2D eigenvalue weighted by atomic mass is 9.96. The second-order valence-corrected chi connectivity index (χ2v) is 8.77. The van der Waals surface area contributed by atoms with E-state index in [1.165, 1.54) is 5.56 Å².